The summed E-state index contributed by atoms with van der Waals surface area (Å²) < 4.78 is 18.5. The summed E-state index contributed by atoms with van der Waals surface area (Å²) in [6.45, 7) is 13.1. The first-order valence-corrected chi connectivity index (χ1v) is 12.5. The number of rotatable bonds is 16. The smallest absolute Gasteiger partial charge is 0.219 e. The van der Waals surface area contributed by atoms with Gasteiger partial charge in [-0.05, 0) is 64.2 Å². The summed E-state index contributed by atoms with van der Waals surface area (Å²) in [5, 5.41) is 3.45. The SMILES string of the molecule is CN=CC(CCCCN(CCOc1ccc(CC(NC(C)(C)C)C(=O)C(C)C)cc1)C(C)=O)NF. The van der Waals surface area contributed by atoms with Crippen LogP contribution in [-0.4, -0.2) is 67.2 Å². The van der Waals surface area contributed by atoms with E-state index >= 15 is 0 Å². The topological polar surface area (TPSA) is 83.0 Å². The summed E-state index contributed by atoms with van der Waals surface area (Å²) in [6, 6.07) is 7.15. The van der Waals surface area contributed by atoms with Gasteiger partial charge in [0.05, 0.1) is 18.6 Å². The molecule has 0 saturated heterocycles. The fraction of sp³-hybridized carbons (Fsp3) is 0.667. The van der Waals surface area contributed by atoms with E-state index in [9.17, 15) is 14.1 Å². The second-order valence-corrected chi connectivity index (χ2v) is 10.3. The molecular weight excluding hydrogens is 447 g/mol. The standard InChI is InChI=1S/C27H45FN4O3/c1-20(2)26(34)25(30-27(4,5)6)18-22-11-13-24(14-12-22)35-17-16-32(21(3)33)15-9-8-10-23(31-28)19-29-7/h11-14,19-20,23,25,30-31H,8-10,15-18H2,1-7H3. The molecule has 0 saturated carbocycles. The van der Waals surface area contributed by atoms with Crippen molar-refractivity contribution >= 4 is 17.9 Å². The van der Waals surface area contributed by atoms with Gasteiger partial charge in [-0.1, -0.05) is 26.0 Å². The van der Waals surface area contributed by atoms with E-state index < -0.39 is 0 Å². The summed E-state index contributed by atoms with van der Waals surface area (Å²) in [5.74, 6) is 0.892. The first-order valence-electron chi connectivity index (χ1n) is 12.5. The Bertz CT molecular complexity index is 791. The molecule has 2 atom stereocenters. The second kappa shape index (κ2) is 15.6. The Morgan fingerprint density at radius 1 is 1.14 bits per heavy atom. The molecule has 1 amide bonds. The molecule has 35 heavy (non-hydrogen) atoms. The fourth-order valence-electron chi connectivity index (χ4n) is 3.81. The van der Waals surface area contributed by atoms with E-state index in [4.69, 9.17) is 4.74 Å². The zero-order valence-corrected chi connectivity index (χ0v) is 22.6. The normalized spacial score (nSPS) is 13.7. The van der Waals surface area contributed by atoms with Crippen molar-refractivity contribution in [3.63, 3.8) is 0 Å². The summed E-state index contributed by atoms with van der Waals surface area (Å²) in [7, 11) is 1.62. The van der Waals surface area contributed by atoms with Gasteiger partial charge in [0.2, 0.25) is 5.91 Å². The van der Waals surface area contributed by atoms with Gasteiger partial charge in [-0.3, -0.25) is 14.6 Å². The van der Waals surface area contributed by atoms with Crippen molar-refractivity contribution in [1.82, 2.24) is 15.8 Å². The van der Waals surface area contributed by atoms with Crippen molar-refractivity contribution in [1.29, 1.82) is 0 Å². The third-order valence-corrected chi connectivity index (χ3v) is 5.62. The third-order valence-electron chi connectivity index (χ3n) is 5.62. The lowest BCUT2D eigenvalue weighted by molar-refractivity contribution is -0.129. The van der Waals surface area contributed by atoms with E-state index in [0.29, 0.717) is 32.5 Å². The van der Waals surface area contributed by atoms with Gasteiger partial charge in [-0.15, -0.1) is 4.48 Å². The molecule has 0 bridgehead atoms. The van der Waals surface area contributed by atoms with Crippen molar-refractivity contribution in [2.75, 3.05) is 26.7 Å². The summed E-state index contributed by atoms with van der Waals surface area (Å²) >= 11 is 0. The third kappa shape index (κ3) is 12.8. The van der Waals surface area contributed by atoms with Gasteiger partial charge in [-0.25, -0.2) is 0 Å². The molecule has 0 spiro atoms. The van der Waals surface area contributed by atoms with Gasteiger partial charge in [0, 0.05) is 38.2 Å². The Balaban J connectivity index is 2.55. The first kappa shape index (κ1) is 30.7. The predicted octanol–water partition coefficient (Wildman–Crippen LogP) is 4.15. The van der Waals surface area contributed by atoms with Gasteiger partial charge in [-0.2, -0.15) is 5.54 Å². The minimum Gasteiger partial charge on any atom is -0.492 e. The number of amides is 1. The molecule has 0 fully saturated rings. The van der Waals surface area contributed by atoms with Gasteiger partial charge in [0.15, 0.2) is 5.78 Å². The van der Waals surface area contributed by atoms with Crippen LogP contribution in [0.15, 0.2) is 29.3 Å². The number of unbranched alkanes of at least 4 members (excludes halogenated alkanes) is 1. The minimum absolute atomic E-state index is 0.00792. The molecule has 7 nitrogen and oxygen atoms in total. The summed E-state index contributed by atoms with van der Waals surface area (Å²) in [4.78, 5) is 30.2. The number of aliphatic imine (C=N–C) groups is 1. The Labute approximate surface area is 210 Å². The van der Waals surface area contributed by atoms with Crippen molar-refractivity contribution in [2.24, 2.45) is 10.9 Å². The Kier molecular flexibility index (Phi) is 13.7. The first-order chi connectivity index (χ1) is 16.5. The van der Waals surface area contributed by atoms with E-state index in [0.717, 1.165) is 24.2 Å². The van der Waals surface area contributed by atoms with Crippen LogP contribution in [0.5, 0.6) is 5.75 Å². The maximum atomic E-state index is 12.7. The van der Waals surface area contributed by atoms with Gasteiger partial charge in [0.25, 0.3) is 0 Å². The monoisotopic (exact) mass is 492 g/mol. The molecule has 0 aliphatic carbocycles. The van der Waals surface area contributed by atoms with Crippen LogP contribution in [0, 0.1) is 5.92 Å². The van der Waals surface area contributed by atoms with E-state index in [2.05, 4.69) is 31.1 Å². The number of Topliss-reactive ketones (excluding diaryl/α,β-unsaturated/α-hetero) is 1. The minimum atomic E-state index is -0.389. The van der Waals surface area contributed by atoms with E-state index in [1.807, 2.05) is 38.1 Å². The van der Waals surface area contributed by atoms with Crippen LogP contribution in [0.25, 0.3) is 0 Å². The Hall–Kier alpha value is -2.32. The second-order valence-electron chi connectivity index (χ2n) is 10.3. The molecule has 2 unspecified atom stereocenters. The average Bonchev–Trinajstić information content (AvgIpc) is 2.78. The molecule has 0 aliphatic rings. The van der Waals surface area contributed by atoms with Crippen LogP contribution in [0.4, 0.5) is 4.48 Å². The molecule has 1 aromatic carbocycles. The van der Waals surface area contributed by atoms with Crippen LogP contribution < -0.4 is 15.6 Å². The number of hydrogen-bond donors (Lipinski definition) is 2. The van der Waals surface area contributed by atoms with Crippen molar-refractivity contribution in [3.8, 4) is 5.75 Å². The lowest BCUT2D eigenvalue weighted by Gasteiger charge is -2.29. The number of benzene rings is 1. The number of hydrogen-bond acceptors (Lipinski definition) is 6. The van der Waals surface area contributed by atoms with Crippen LogP contribution in [0.2, 0.25) is 0 Å². The van der Waals surface area contributed by atoms with Gasteiger partial charge in [0.1, 0.15) is 12.4 Å². The quantitative estimate of drug-likeness (QED) is 0.206. The van der Waals surface area contributed by atoms with Gasteiger partial charge >= 0.3 is 0 Å². The molecular formula is C27H45FN4O3. The maximum Gasteiger partial charge on any atom is 0.219 e. The van der Waals surface area contributed by atoms with Crippen molar-refractivity contribution < 1.29 is 18.8 Å². The number of ether oxygens (including phenoxy) is 1. The fourth-order valence-corrected chi connectivity index (χ4v) is 3.81. The predicted molar refractivity (Wildman–Crippen MR) is 141 cm³/mol. The average molecular weight is 493 g/mol. The van der Waals surface area contributed by atoms with Crippen LogP contribution in [-0.2, 0) is 16.0 Å². The number of nitrogens with zero attached hydrogens (tertiary/aromatic N) is 2. The lowest BCUT2D eigenvalue weighted by atomic mass is 9.93. The van der Waals surface area contributed by atoms with Gasteiger partial charge < -0.3 is 15.0 Å². The van der Waals surface area contributed by atoms with Crippen molar-refractivity contribution in [2.45, 2.75) is 84.8 Å². The van der Waals surface area contributed by atoms with Crippen LogP contribution in [0.1, 0.15) is 66.4 Å². The summed E-state index contributed by atoms with van der Waals surface area (Å²) in [6.07, 6.45) is 4.35. The molecule has 0 aromatic heterocycles. The van der Waals surface area contributed by atoms with E-state index in [1.165, 1.54) is 0 Å². The molecule has 0 aliphatic heterocycles. The highest BCUT2D eigenvalue weighted by Gasteiger charge is 2.25. The zero-order chi connectivity index (χ0) is 26.4. The molecule has 1 rings (SSSR count). The van der Waals surface area contributed by atoms with Crippen LogP contribution in [0.3, 0.4) is 0 Å². The number of ketones is 1. The van der Waals surface area contributed by atoms with Crippen LogP contribution >= 0.6 is 0 Å². The maximum absolute atomic E-state index is 12.7. The zero-order valence-electron chi connectivity index (χ0n) is 22.6. The molecule has 8 heteroatoms. The number of carbonyl (C=O) groups is 2. The summed E-state index contributed by atoms with van der Waals surface area (Å²) in [5.41, 5.74) is 2.64. The Morgan fingerprint density at radius 2 is 1.80 bits per heavy atom. The largest absolute Gasteiger partial charge is 0.492 e. The highest BCUT2D eigenvalue weighted by atomic mass is 19.2. The molecule has 0 heterocycles. The molecule has 2 N–H and O–H groups in total. The molecule has 0 radical (unpaired) electrons. The lowest BCUT2D eigenvalue weighted by Crippen LogP contribution is -2.50. The van der Waals surface area contributed by atoms with E-state index in [-0.39, 0.29) is 35.2 Å². The highest BCUT2D eigenvalue weighted by molar-refractivity contribution is 5.86. The number of carbonyl (C=O) groups excluding carboxylic acids is 2. The van der Waals surface area contributed by atoms with E-state index in [1.54, 1.807) is 30.6 Å². The van der Waals surface area contributed by atoms with Crippen molar-refractivity contribution in [3.05, 3.63) is 29.8 Å². The Morgan fingerprint density at radius 3 is 2.31 bits per heavy atom. The number of halogens is 1. The molecule has 198 valence electrons. The highest BCUT2D eigenvalue weighted by Crippen LogP contribution is 2.16. The molecule has 1 aromatic rings. The number of nitrogens with one attached hydrogen (secondary N) is 2.